The van der Waals surface area contributed by atoms with E-state index in [1.165, 1.54) is 10.7 Å². The number of fused-ring (bicyclic) bond motifs is 2. The van der Waals surface area contributed by atoms with Crippen molar-refractivity contribution in [3.63, 3.8) is 0 Å². The molecule has 0 unspecified atom stereocenters. The first-order valence-corrected chi connectivity index (χ1v) is 8.58. The van der Waals surface area contributed by atoms with E-state index in [2.05, 4.69) is 25.0 Å². The summed E-state index contributed by atoms with van der Waals surface area (Å²) in [6.45, 7) is -2.64. The summed E-state index contributed by atoms with van der Waals surface area (Å²) in [5, 5.41) is 5.10. The van der Waals surface area contributed by atoms with Gasteiger partial charge in [-0.1, -0.05) is 18.2 Å². The van der Waals surface area contributed by atoms with Gasteiger partial charge in [0.15, 0.2) is 22.9 Å². The first-order valence-electron chi connectivity index (χ1n) is 10.1. The molecule has 0 spiro atoms. The molecule has 4 heterocycles. The Bertz CT molecular complexity index is 1550. The maximum absolute atomic E-state index is 14.2. The van der Waals surface area contributed by atoms with Crippen molar-refractivity contribution in [3.05, 3.63) is 64.5 Å². The number of benzene rings is 1. The second-order valence-electron chi connectivity index (χ2n) is 6.37. The molecule has 1 aromatic carbocycles. The Morgan fingerprint density at radius 1 is 1.24 bits per heavy atom. The molecule has 0 saturated carbocycles. The summed E-state index contributed by atoms with van der Waals surface area (Å²) in [6, 6.07) is 9.79. The SMILES string of the molecule is [2H]C([2H])([2H])n1c(=O)[nH]c2nc(-c3nn(Cc4ccccc4F)c4ncccc34)nc(N)c21. The van der Waals surface area contributed by atoms with E-state index in [9.17, 15) is 9.18 Å². The summed E-state index contributed by atoms with van der Waals surface area (Å²) >= 11 is 0. The van der Waals surface area contributed by atoms with Gasteiger partial charge in [0.05, 0.1) is 11.9 Å². The second kappa shape index (κ2) is 6.23. The van der Waals surface area contributed by atoms with Crippen molar-refractivity contribution >= 4 is 28.0 Å². The number of aryl methyl sites for hydroxylation is 1. The summed E-state index contributed by atoms with van der Waals surface area (Å²) in [5.41, 5.74) is 6.19. The fourth-order valence-corrected chi connectivity index (χ4v) is 3.22. The van der Waals surface area contributed by atoms with Gasteiger partial charge < -0.3 is 5.73 Å². The number of anilines is 1. The Kier molecular flexibility index (Phi) is 3.01. The van der Waals surface area contributed by atoms with Crippen LogP contribution in [0.3, 0.4) is 0 Å². The maximum Gasteiger partial charge on any atom is 0.327 e. The maximum atomic E-state index is 14.2. The van der Waals surface area contributed by atoms with E-state index in [4.69, 9.17) is 9.85 Å². The summed E-state index contributed by atoms with van der Waals surface area (Å²) in [6.07, 6.45) is 1.58. The number of hydrogen-bond donors (Lipinski definition) is 2. The third-order valence-corrected chi connectivity index (χ3v) is 4.56. The third-order valence-electron chi connectivity index (χ3n) is 4.56. The van der Waals surface area contributed by atoms with Crippen molar-refractivity contribution in [1.29, 1.82) is 0 Å². The van der Waals surface area contributed by atoms with Gasteiger partial charge in [0.25, 0.3) is 0 Å². The third kappa shape index (κ3) is 2.64. The molecule has 0 aliphatic carbocycles. The number of aromatic amines is 1. The molecule has 10 heteroatoms. The van der Waals surface area contributed by atoms with E-state index in [1.807, 2.05) is 0 Å². The van der Waals surface area contributed by atoms with Crippen molar-refractivity contribution in [2.24, 2.45) is 6.98 Å². The van der Waals surface area contributed by atoms with Gasteiger partial charge in [0, 0.05) is 22.8 Å². The van der Waals surface area contributed by atoms with Crippen molar-refractivity contribution < 1.29 is 8.50 Å². The fourth-order valence-electron chi connectivity index (χ4n) is 3.22. The van der Waals surface area contributed by atoms with Gasteiger partial charge in [0.2, 0.25) is 0 Å². The van der Waals surface area contributed by atoms with Crippen LogP contribution >= 0.6 is 0 Å². The molecule has 29 heavy (non-hydrogen) atoms. The Morgan fingerprint density at radius 2 is 2.10 bits per heavy atom. The molecule has 144 valence electrons. The number of pyridine rings is 1. The molecule has 0 amide bonds. The lowest BCUT2D eigenvalue weighted by molar-refractivity contribution is 0.589. The molecule has 0 aliphatic heterocycles. The zero-order chi connectivity index (χ0) is 22.6. The number of halogens is 1. The molecule has 0 fully saturated rings. The molecule has 0 radical (unpaired) electrons. The molecule has 5 rings (SSSR count). The minimum atomic E-state index is -2.76. The minimum absolute atomic E-state index is 0.0330. The van der Waals surface area contributed by atoms with E-state index in [0.717, 1.165) is 0 Å². The predicted molar refractivity (Wildman–Crippen MR) is 106 cm³/mol. The number of imidazole rings is 1. The molecule has 0 bridgehead atoms. The fraction of sp³-hybridized carbons (Fsp3) is 0.105. The number of aromatic nitrogens is 7. The highest BCUT2D eigenvalue weighted by atomic mass is 19.1. The van der Waals surface area contributed by atoms with Crippen LogP contribution in [0.5, 0.6) is 0 Å². The molecule has 9 nitrogen and oxygen atoms in total. The largest absolute Gasteiger partial charge is 0.382 e. The number of hydrogen-bond acceptors (Lipinski definition) is 6. The van der Waals surface area contributed by atoms with Gasteiger partial charge in [-0.3, -0.25) is 9.55 Å². The Balaban J connectivity index is 1.70. The highest BCUT2D eigenvalue weighted by Gasteiger charge is 2.19. The molecular formula is C19H15FN8O. The van der Waals surface area contributed by atoms with Crippen LogP contribution in [0.15, 0.2) is 47.4 Å². The van der Waals surface area contributed by atoms with Crippen LogP contribution in [0.4, 0.5) is 10.2 Å². The van der Waals surface area contributed by atoms with Crippen LogP contribution in [-0.2, 0) is 13.5 Å². The smallest absolute Gasteiger partial charge is 0.327 e. The van der Waals surface area contributed by atoms with Crippen molar-refractivity contribution in [2.75, 3.05) is 5.73 Å². The Labute approximate surface area is 166 Å². The van der Waals surface area contributed by atoms with Gasteiger partial charge >= 0.3 is 5.69 Å². The first kappa shape index (κ1) is 14.0. The van der Waals surface area contributed by atoms with E-state index >= 15 is 0 Å². The number of H-pyrrole nitrogens is 1. The molecule has 5 aromatic rings. The lowest BCUT2D eigenvalue weighted by atomic mass is 10.2. The lowest BCUT2D eigenvalue weighted by Crippen LogP contribution is -2.12. The van der Waals surface area contributed by atoms with E-state index in [0.29, 0.717) is 26.9 Å². The molecule has 0 aliphatic rings. The summed E-state index contributed by atoms with van der Waals surface area (Å²) < 4.78 is 39.0. The van der Waals surface area contributed by atoms with Crippen LogP contribution in [0.25, 0.3) is 33.7 Å². The van der Waals surface area contributed by atoms with Crippen LogP contribution in [0.2, 0.25) is 0 Å². The van der Waals surface area contributed by atoms with Gasteiger partial charge in [-0.2, -0.15) is 5.10 Å². The zero-order valence-corrected chi connectivity index (χ0v) is 14.8. The number of nitrogens with zero attached hydrogens (tertiary/aromatic N) is 6. The summed E-state index contributed by atoms with van der Waals surface area (Å²) in [5.74, 6) is -0.501. The highest BCUT2D eigenvalue weighted by Crippen LogP contribution is 2.27. The number of nitrogens with two attached hydrogens (primary N) is 1. The van der Waals surface area contributed by atoms with E-state index < -0.39 is 12.7 Å². The van der Waals surface area contributed by atoms with E-state index in [1.54, 1.807) is 36.5 Å². The van der Waals surface area contributed by atoms with Gasteiger partial charge in [-0.25, -0.2) is 28.8 Å². The standard InChI is InChI=1S/C19H15FN8O/c1-27-14-15(21)23-16(24-17(14)25-19(27)29)13-11-6-4-8-22-18(11)28(26-13)9-10-5-2-3-7-12(10)20/h2-8H,9H2,1H3,(H3,21,23,24,25,29)/i1D3. The molecular weight excluding hydrogens is 375 g/mol. The number of nitrogen functional groups attached to an aromatic ring is 1. The van der Waals surface area contributed by atoms with Crippen LogP contribution < -0.4 is 11.4 Å². The van der Waals surface area contributed by atoms with Crippen molar-refractivity contribution in [3.8, 4) is 11.5 Å². The van der Waals surface area contributed by atoms with Crippen LogP contribution in [0.1, 0.15) is 9.68 Å². The monoisotopic (exact) mass is 393 g/mol. The molecule has 0 saturated heterocycles. The quantitative estimate of drug-likeness (QED) is 0.483. The minimum Gasteiger partial charge on any atom is -0.382 e. The second-order valence-corrected chi connectivity index (χ2v) is 6.37. The Hall–Kier alpha value is -4.08. The molecule has 3 N–H and O–H groups in total. The predicted octanol–water partition coefficient (Wildman–Crippen LogP) is 1.84. The van der Waals surface area contributed by atoms with Crippen LogP contribution in [-0.4, -0.2) is 34.3 Å². The molecule has 0 atom stereocenters. The number of nitrogens with one attached hydrogen (secondary N) is 1. The van der Waals surface area contributed by atoms with Crippen molar-refractivity contribution in [1.82, 2.24) is 34.3 Å². The average molecular weight is 393 g/mol. The van der Waals surface area contributed by atoms with E-state index in [-0.39, 0.29) is 35.2 Å². The summed E-state index contributed by atoms with van der Waals surface area (Å²) in [4.78, 5) is 27.4. The summed E-state index contributed by atoms with van der Waals surface area (Å²) in [7, 11) is 0. The Morgan fingerprint density at radius 3 is 2.93 bits per heavy atom. The number of rotatable bonds is 3. The first-order chi connectivity index (χ1) is 15.2. The molecule has 4 aromatic heterocycles. The van der Waals surface area contributed by atoms with Gasteiger partial charge in [0.1, 0.15) is 17.0 Å². The van der Waals surface area contributed by atoms with Gasteiger partial charge in [-0.05, 0) is 18.2 Å². The zero-order valence-electron chi connectivity index (χ0n) is 17.8. The normalized spacial score (nSPS) is 13.5. The topological polar surface area (TPSA) is 120 Å². The highest BCUT2D eigenvalue weighted by molar-refractivity contribution is 5.91. The van der Waals surface area contributed by atoms with Crippen molar-refractivity contribution in [2.45, 2.75) is 6.54 Å². The average Bonchev–Trinajstić information content (AvgIpc) is 3.27. The van der Waals surface area contributed by atoms with Gasteiger partial charge in [-0.15, -0.1) is 0 Å². The van der Waals surface area contributed by atoms with Crippen LogP contribution in [0, 0.1) is 5.82 Å². The lowest BCUT2D eigenvalue weighted by Gasteiger charge is -2.04.